The number of furan rings is 3. The van der Waals surface area contributed by atoms with E-state index < -0.39 is 0 Å². The molecule has 10 aromatic carbocycles. The lowest BCUT2D eigenvalue weighted by Crippen LogP contribution is -2.10. The van der Waals surface area contributed by atoms with Crippen molar-refractivity contribution in [3.05, 3.63) is 224 Å². The van der Waals surface area contributed by atoms with E-state index in [0.29, 0.717) is 0 Å². The molecule has 13 aromatic rings. The van der Waals surface area contributed by atoms with Gasteiger partial charge in [0, 0.05) is 49.3 Å². The first kappa shape index (κ1) is 36.1. The Morgan fingerprint density at radius 1 is 0.250 bits per heavy atom. The van der Waals surface area contributed by atoms with E-state index in [4.69, 9.17) is 13.3 Å². The SMILES string of the molecule is c1ccc(-c2ccc(N(c3ccc(-c4ccccc4)cc3)c3ccc(-c4ccc(-c5cccc6oc7ccccc7c56)c5oc6ccccc6c45)c4c3oc3ccccc34)cc2)cc1. The summed E-state index contributed by atoms with van der Waals surface area (Å²) in [5, 5.41) is 6.37. The van der Waals surface area contributed by atoms with E-state index in [1.54, 1.807) is 0 Å². The second-order valence-electron chi connectivity index (χ2n) is 16.3. The number of hydrogen-bond acceptors (Lipinski definition) is 4. The van der Waals surface area contributed by atoms with Gasteiger partial charge < -0.3 is 18.2 Å². The van der Waals surface area contributed by atoms with E-state index in [1.807, 2.05) is 30.3 Å². The molecule has 64 heavy (non-hydrogen) atoms. The van der Waals surface area contributed by atoms with Crippen LogP contribution in [0.15, 0.2) is 238 Å². The first-order valence-corrected chi connectivity index (χ1v) is 21.7. The van der Waals surface area contributed by atoms with Gasteiger partial charge in [-0.1, -0.05) is 164 Å². The molecule has 0 amide bonds. The minimum absolute atomic E-state index is 0.803. The lowest BCUT2D eigenvalue weighted by Gasteiger charge is -2.26. The molecule has 0 unspecified atom stereocenters. The highest BCUT2D eigenvalue weighted by molar-refractivity contribution is 6.24. The number of nitrogens with zero attached hydrogens (tertiary/aromatic N) is 1. The Labute approximate surface area is 368 Å². The first-order valence-electron chi connectivity index (χ1n) is 21.7. The molecule has 3 aromatic heterocycles. The summed E-state index contributed by atoms with van der Waals surface area (Å²) in [4.78, 5) is 2.32. The van der Waals surface area contributed by atoms with Gasteiger partial charge in [0.05, 0.1) is 5.69 Å². The van der Waals surface area contributed by atoms with Crippen LogP contribution in [0.2, 0.25) is 0 Å². The van der Waals surface area contributed by atoms with Crippen LogP contribution >= 0.6 is 0 Å². The molecule has 0 fully saturated rings. The average Bonchev–Trinajstić information content (AvgIpc) is 4.07. The van der Waals surface area contributed by atoms with Crippen LogP contribution in [0, 0.1) is 0 Å². The van der Waals surface area contributed by atoms with Gasteiger partial charge >= 0.3 is 0 Å². The highest BCUT2D eigenvalue weighted by Gasteiger charge is 2.26. The van der Waals surface area contributed by atoms with Gasteiger partial charge in [-0.15, -0.1) is 0 Å². The molecule has 0 saturated heterocycles. The summed E-state index contributed by atoms with van der Waals surface area (Å²) in [6, 6.07) is 78.9. The second kappa shape index (κ2) is 14.5. The zero-order valence-electron chi connectivity index (χ0n) is 34.5. The fourth-order valence-corrected chi connectivity index (χ4v) is 9.77. The van der Waals surface area contributed by atoms with Crippen molar-refractivity contribution in [2.45, 2.75) is 0 Å². The third-order valence-corrected chi connectivity index (χ3v) is 12.7. The van der Waals surface area contributed by atoms with Crippen LogP contribution < -0.4 is 4.90 Å². The molecule has 4 nitrogen and oxygen atoms in total. The number of anilines is 3. The Bertz CT molecular complexity index is 3790. The van der Waals surface area contributed by atoms with Gasteiger partial charge in [0.1, 0.15) is 27.9 Å². The Morgan fingerprint density at radius 2 is 0.656 bits per heavy atom. The minimum Gasteiger partial charge on any atom is -0.456 e. The van der Waals surface area contributed by atoms with Crippen molar-refractivity contribution in [2.24, 2.45) is 0 Å². The molecular weight excluding hydrogens is 783 g/mol. The van der Waals surface area contributed by atoms with Gasteiger partial charge in [0.25, 0.3) is 0 Å². The zero-order valence-corrected chi connectivity index (χ0v) is 34.5. The summed E-state index contributed by atoms with van der Waals surface area (Å²) < 4.78 is 20.3. The molecule has 4 heteroatoms. The molecular formula is C60H37NO3. The number of para-hydroxylation sites is 3. The monoisotopic (exact) mass is 819 g/mol. The summed E-state index contributed by atoms with van der Waals surface area (Å²) in [5.41, 5.74) is 16.9. The fraction of sp³-hybridized carbons (Fsp3) is 0. The van der Waals surface area contributed by atoms with Gasteiger partial charge in [0.15, 0.2) is 5.58 Å². The predicted molar refractivity (Wildman–Crippen MR) is 265 cm³/mol. The molecule has 0 atom stereocenters. The molecule has 0 radical (unpaired) electrons. The van der Waals surface area contributed by atoms with Crippen molar-refractivity contribution in [3.8, 4) is 44.5 Å². The quantitative estimate of drug-likeness (QED) is 0.161. The van der Waals surface area contributed by atoms with Crippen LogP contribution in [0.5, 0.6) is 0 Å². The molecule has 0 aliphatic heterocycles. The van der Waals surface area contributed by atoms with E-state index >= 15 is 0 Å². The van der Waals surface area contributed by atoms with E-state index in [2.05, 4.69) is 199 Å². The molecule has 3 heterocycles. The molecule has 0 spiro atoms. The van der Waals surface area contributed by atoms with Gasteiger partial charge in [-0.05, 0) is 99.6 Å². The second-order valence-corrected chi connectivity index (χ2v) is 16.3. The maximum atomic E-state index is 7.03. The Morgan fingerprint density at radius 3 is 1.23 bits per heavy atom. The van der Waals surface area contributed by atoms with Crippen molar-refractivity contribution in [1.82, 2.24) is 0 Å². The van der Waals surface area contributed by atoms with Crippen molar-refractivity contribution in [3.63, 3.8) is 0 Å². The lowest BCUT2D eigenvalue weighted by atomic mass is 9.91. The number of rotatable bonds is 7. The van der Waals surface area contributed by atoms with Crippen LogP contribution in [0.1, 0.15) is 0 Å². The summed E-state index contributed by atoms with van der Waals surface area (Å²) in [6.45, 7) is 0. The first-order chi connectivity index (χ1) is 31.7. The zero-order chi connectivity index (χ0) is 42.1. The third kappa shape index (κ3) is 5.70. The summed E-state index contributed by atoms with van der Waals surface area (Å²) in [5.74, 6) is 0. The van der Waals surface area contributed by atoms with Gasteiger partial charge in [-0.2, -0.15) is 0 Å². The highest BCUT2D eigenvalue weighted by Crippen LogP contribution is 2.50. The molecule has 300 valence electrons. The number of benzene rings is 10. The fourth-order valence-electron chi connectivity index (χ4n) is 9.77. The Kier molecular flexibility index (Phi) is 8.18. The molecule has 0 aliphatic rings. The Hall–Kier alpha value is -8.60. The van der Waals surface area contributed by atoms with Gasteiger partial charge in [0.2, 0.25) is 0 Å². The van der Waals surface area contributed by atoms with Crippen molar-refractivity contribution >= 4 is 82.9 Å². The smallest absolute Gasteiger partial charge is 0.160 e. The van der Waals surface area contributed by atoms with Crippen molar-refractivity contribution < 1.29 is 13.3 Å². The summed E-state index contributed by atoms with van der Waals surface area (Å²) in [7, 11) is 0. The topological polar surface area (TPSA) is 42.7 Å². The van der Waals surface area contributed by atoms with E-state index in [9.17, 15) is 0 Å². The minimum atomic E-state index is 0.803. The molecule has 0 bridgehead atoms. The maximum Gasteiger partial charge on any atom is 0.160 e. The predicted octanol–water partition coefficient (Wildman–Crippen LogP) is 17.5. The third-order valence-electron chi connectivity index (χ3n) is 12.7. The average molecular weight is 820 g/mol. The van der Waals surface area contributed by atoms with Gasteiger partial charge in [-0.3, -0.25) is 0 Å². The van der Waals surface area contributed by atoms with E-state index in [0.717, 1.165) is 116 Å². The van der Waals surface area contributed by atoms with Crippen LogP contribution in [0.25, 0.3) is 110 Å². The molecule has 13 rings (SSSR count). The van der Waals surface area contributed by atoms with Crippen LogP contribution in [-0.2, 0) is 0 Å². The molecule has 0 saturated carbocycles. The normalized spacial score (nSPS) is 11.8. The Balaban J connectivity index is 1.05. The standard InChI is InChI=1S/C60H37NO3/c1-3-14-38(15-4-1)40-26-30-42(31-27-40)61(43-32-28-41(29-33-43)39-16-5-2-6-17-39)51-37-36-46(58-50-20-9-12-24-54(50)64-60(51)58)45-34-35-47(59-57(45)49-19-8-11-23-53(49)63-59)44-21-13-25-55-56(44)48-18-7-10-22-52(48)62-55/h1-37H. The number of hydrogen-bond donors (Lipinski definition) is 0. The van der Waals surface area contributed by atoms with Crippen molar-refractivity contribution in [2.75, 3.05) is 4.90 Å². The highest BCUT2D eigenvalue weighted by atomic mass is 16.3. The van der Waals surface area contributed by atoms with E-state index in [1.165, 1.54) is 11.1 Å². The molecule has 0 N–H and O–H groups in total. The summed E-state index contributed by atoms with van der Waals surface area (Å²) in [6.07, 6.45) is 0. The van der Waals surface area contributed by atoms with Crippen molar-refractivity contribution in [1.29, 1.82) is 0 Å². The molecule has 0 aliphatic carbocycles. The van der Waals surface area contributed by atoms with Crippen LogP contribution in [-0.4, -0.2) is 0 Å². The van der Waals surface area contributed by atoms with E-state index in [-0.39, 0.29) is 0 Å². The van der Waals surface area contributed by atoms with Gasteiger partial charge in [-0.25, -0.2) is 0 Å². The number of fused-ring (bicyclic) bond motifs is 9. The summed E-state index contributed by atoms with van der Waals surface area (Å²) >= 11 is 0. The lowest BCUT2D eigenvalue weighted by molar-refractivity contribution is 0.668. The van der Waals surface area contributed by atoms with Crippen LogP contribution in [0.3, 0.4) is 0 Å². The van der Waals surface area contributed by atoms with Crippen LogP contribution in [0.4, 0.5) is 17.1 Å². The maximum absolute atomic E-state index is 7.03. The largest absolute Gasteiger partial charge is 0.456 e.